The standard InChI is InChI=1S/C10H14N2/c1-7-4-5-12-10-8(6-11)2-3-9(7)10/h4-5,8H,2-3,6,11H2,1H3. The molecule has 1 aromatic heterocycles. The molecule has 0 amide bonds. The van der Waals surface area contributed by atoms with E-state index < -0.39 is 0 Å². The van der Waals surface area contributed by atoms with Crippen molar-refractivity contribution in [2.75, 3.05) is 6.54 Å². The molecule has 2 heteroatoms. The van der Waals surface area contributed by atoms with Crippen LogP contribution >= 0.6 is 0 Å². The predicted octanol–water partition coefficient (Wildman–Crippen LogP) is 1.38. The van der Waals surface area contributed by atoms with Crippen molar-refractivity contribution in [3.05, 3.63) is 29.1 Å². The van der Waals surface area contributed by atoms with Gasteiger partial charge >= 0.3 is 0 Å². The minimum absolute atomic E-state index is 0.514. The van der Waals surface area contributed by atoms with E-state index in [4.69, 9.17) is 5.73 Å². The van der Waals surface area contributed by atoms with Gasteiger partial charge in [-0.15, -0.1) is 0 Å². The first-order chi connectivity index (χ1) is 5.83. The van der Waals surface area contributed by atoms with E-state index in [-0.39, 0.29) is 0 Å². The highest BCUT2D eigenvalue weighted by atomic mass is 14.7. The summed E-state index contributed by atoms with van der Waals surface area (Å²) in [7, 11) is 0. The molecule has 12 heavy (non-hydrogen) atoms. The minimum Gasteiger partial charge on any atom is -0.330 e. The predicted molar refractivity (Wildman–Crippen MR) is 49.1 cm³/mol. The lowest BCUT2D eigenvalue weighted by atomic mass is 10.1. The molecule has 2 rings (SSSR count). The summed E-state index contributed by atoms with van der Waals surface area (Å²) < 4.78 is 0. The Balaban J connectivity index is 2.46. The molecule has 0 spiro atoms. The van der Waals surface area contributed by atoms with Gasteiger partial charge in [-0.25, -0.2) is 0 Å². The fourth-order valence-corrected chi connectivity index (χ4v) is 1.97. The van der Waals surface area contributed by atoms with Crippen molar-refractivity contribution < 1.29 is 0 Å². The third-order valence-electron chi connectivity index (χ3n) is 2.74. The van der Waals surface area contributed by atoms with Crippen LogP contribution in [0.15, 0.2) is 12.3 Å². The number of nitrogens with two attached hydrogens (primary N) is 1. The Morgan fingerprint density at radius 2 is 2.50 bits per heavy atom. The van der Waals surface area contributed by atoms with E-state index >= 15 is 0 Å². The van der Waals surface area contributed by atoms with Crippen molar-refractivity contribution in [1.82, 2.24) is 4.98 Å². The SMILES string of the molecule is Cc1ccnc2c1CCC2CN. The zero-order valence-electron chi connectivity index (χ0n) is 7.38. The largest absolute Gasteiger partial charge is 0.330 e. The Kier molecular flexibility index (Phi) is 1.85. The van der Waals surface area contributed by atoms with E-state index in [0.29, 0.717) is 5.92 Å². The van der Waals surface area contributed by atoms with Crippen LogP contribution in [0.25, 0.3) is 0 Å². The van der Waals surface area contributed by atoms with Crippen molar-refractivity contribution in [2.45, 2.75) is 25.7 Å². The molecule has 2 nitrogen and oxygen atoms in total. The van der Waals surface area contributed by atoms with Crippen LogP contribution in [0.1, 0.15) is 29.2 Å². The van der Waals surface area contributed by atoms with Crippen molar-refractivity contribution in [2.24, 2.45) is 5.73 Å². The van der Waals surface area contributed by atoms with E-state index in [2.05, 4.69) is 18.0 Å². The molecule has 0 bridgehead atoms. The highest BCUT2D eigenvalue weighted by Crippen LogP contribution is 2.31. The molecular weight excluding hydrogens is 148 g/mol. The second-order valence-electron chi connectivity index (χ2n) is 3.46. The monoisotopic (exact) mass is 162 g/mol. The molecule has 1 aromatic rings. The summed E-state index contributed by atoms with van der Waals surface area (Å²) in [6, 6.07) is 2.08. The molecule has 1 heterocycles. The van der Waals surface area contributed by atoms with Gasteiger partial charge in [0, 0.05) is 24.4 Å². The average Bonchev–Trinajstić information content (AvgIpc) is 2.49. The second-order valence-corrected chi connectivity index (χ2v) is 3.46. The van der Waals surface area contributed by atoms with Gasteiger partial charge in [-0.2, -0.15) is 0 Å². The third kappa shape index (κ3) is 1.03. The van der Waals surface area contributed by atoms with Crippen molar-refractivity contribution in [3.8, 4) is 0 Å². The van der Waals surface area contributed by atoms with E-state index in [1.807, 2.05) is 6.20 Å². The van der Waals surface area contributed by atoms with Gasteiger partial charge in [-0.3, -0.25) is 4.98 Å². The Morgan fingerprint density at radius 3 is 3.25 bits per heavy atom. The van der Waals surface area contributed by atoms with Crippen LogP contribution in [0.5, 0.6) is 0 Å². The summed E-state index contributed by atoms with van der Waals surface area (Å²) in [6.07, 6.45) is 4.24. The molecule has 0 saturated heterocycles. The first kappa shape index (κ1) is 7.74. The number of aryl methyl sites for hydroxylation is 1. The third-order valence-corrected chi connectivity index (χ3v) is 2.74. The summed E-state index contributed by atoms with van der Waals surface area (Å²) in [5, 5.41) is 0. The van der Waals surface area contributed by atoms with Crippen molar-refractivity contribution in [3.63, 3.8) is 0 Å². The van der Waals surface area contributed by atoms with Crippen LogP contribution in [-0.2, 0) is 6.42 Å². The Morgan fingerprint density at radius 1 is 1.67 bits per heavy atom. The summed E-state index contributed by atoms with van der Waals surface area (Å²) >= 11 is 0. The van der Waals surface area contributed by atoms with Crippen LogP contribution in [0.4, 0.5) is 0 Å². The summed E-state index contributed by atoms with van der Waals surface area (Å²) in [6.45, 7) is 2.89. The number of hydrogen-bond donors (Lipinski definition) is 1. The molecule has 1 aliphatic carbocycles. The molecule has 64 valence electrons. The molecule has 0 saturated carbocycles. The van der Waals surface area contributed by atoms with E-state index in [1.165, 1.54) is 23.2 Å². The number of aromatic nitrogens is 1. The van der Waals surface area contributed by atoms with Gasteiger partial charge in [-0.1, -0.05) is 0 Å². The van der Waals surface area contributed by atoms with Gasteiger partial charge in [0.15, 0.2) is 0 Å². The Bertz CT molecular complexity index is 294. The molecule has 1 aliphatic rings. The number of rotatable bonds is 1. The maximum atomic E-state index is 5.66. The smallest absolute Gasteiger partial charge is 0.0481 e. The maximum Gasteiger partial charge on any atom is 0.0481 e. The molecule has 0 aliphatic heterocycles. The average molecular weight is 162 g/mol. The van der Waals surface area contributed by atoms with Gasteiger partial charge in [0.2, 0.25) is 0 Å². The molecule has 0 fully saturated rings. The topological polar surface area (TPSA) is 38.9 Å². The highest BCUT2D eigenvalue weighted by molar-refractivity contribution is 5.35. The van der Waals surface area contributed by atoms with E-state index in [1.54, 1.807) is 0 Å². The zero-order valence-corrected chi connectivity index (χ0v) is 7.38. The van der Waals surface area contributed by atoms with Gasteiger partial charge in [-0.05, 0) is 37.0 Å². The number of hydrogen-bond acceptors (Lipinski definition) is 2. The van der Waals surface area contributed by atoms with Crippen molar-refractivity contribution >= 4 is 0 Å². The van der Waals surface area contributed by atoms with Gasteiger partial charge in [0.05, 0.1) is 0 Å². The van der Waals surface area contributed by atoms with Crippen LogP contribution in [0.3, 0.4) is 0 Å². The lowest BCUT2D eigenvalue weighted by Crippen LogP contribution is -2.10. The van der Waals surface area contributed by atoms with Gasteiger partial charge in [0.25, 0.3) is 0 Å². The van der Waals surface area contributed by atoms with Crippen LogP contribution in [0.2, 0.25) is 0 Å². The Hall–Kier alpha value is -0.890. The first-order valence-electron chi connectivity index (χ1n) is 4.47. The summed E-state index contributed by atoms with van der Waals surface area (Å²) in [5.41, 5.74) is 9.72. The van der Waals surface area contributed by atoms with E-state index in [9.17, 15) is 0 Å². The van der Waals surface area contributed by atoms with Crippen LogP contribution in [-0.4, -0.2) is 11.5 Å². The Labute approximate surface area is 72.8 Å². The first-order valence-corrected chi connectivity index (χ1v) is 4.47. The molecule has 1 atom stereocenters. The maximum absolute atomic E-state index is 5.66. The van der Waals surface area contributed by atoms with Gasteiger partial charge in [0.1, 0.15) is 0 Å². The fourth-order valence-electron chi connectivity index (χ4n) is 1.97. The minimum atomic E-state index is 0.514. The highest BCUT2D eigenvalue weighted by Gasteiger charge is 2.23. The lowest BCUT2D eigenvalue weighted by Gasteiger charge is -2.06. The molecular formula is C10H14N2. The summed E-state index contributed by atoms with van der Waals surface area (Å²) in [5.74, 6) is 0.514. The van der Waals surface area contributed by atoms with Crippen molar-refractivity contribution in [1.29, 1.82) is 0 Å². The van der Waals surface area contributed by atoms with E-state index in [0.717, 1.165) is 13.0 Å². The molecule has 0 aromatic carbocycles. The molecule has 0 radical (unpaired) electrons. The second kappa shape index (κ2) is 2.87. The molecule has 1 unspecified atom stereocenters. The molecule has 2 N–H and O–H groups in total. The lowest BCUT2D eigenvalue weighted by molar-refractivity contribution is 0.674. The number of fused-ring (bicyclic) bond motifs is 1. The quantitative estimate of drug-likeness (QED) is 0.677. The van der Waals surface area contributed by atoms with Gasteiger partial charge < -0.3 is 5.73 Å². The van der Waals surface area contributed by atoms with Crippen LogP contribution in [0, 0.1) is 6.92 Å². The summed E-state index contributed by atoms with van der Waals surface area (Å²) in [4.78, 5) is 4.39. The van der Waals surface area contributed by atoms with Crippen LogP contribution < -0.4 is 5.73 Å². The number of pyridine rings is 1. The number of nitrogens with zero attached hydrogens (tertiary/aromatic N) is 1. The zero-order chi connectivity index (χ0) is 8.55. The fraction of sp³-hybridized carbons (Fsp3) is 0.500. The normalized spacial score (nSPS) is 21.0.